The average Bonchev–Trinajstić information content (AvgIpc) is 2.92. The molecule has 0 aliphatic carbocycles. The second-order valence-electron chi connectivity index (χ2n) is 5.18. The number of fused-ring (bicyclic) bond motifs is 1. The molecular formula is C15H17ClN4O2. The summed E-state index contributed by atoms with van der Waals surface area (Å²) in [6, 6.07) is 3.29. The first-order valence-corrected chi connectivity index (χ1v) is 7.61. The summed E-state index contributed by atoms with van der Waals surface area (Å²) in [7, 11) is 0. The van der Waals surface area contributed by atoms with Crippen LogP contribution in [0.4, 0.5) is 0 Å². The van der Waals surface area contributed by atoms with Crippen molar-refractivity contribution in [3.8, 4) is 0 Å². The van der Waals surface area contributed by atoms with Gasteiger partial charge in [-0.1, -0.05) is 11.6 Å². The first kappa shape index (κ1) is 15.0. The van der Waals surface area contributed by atoms with Crippen LogP contribution in [0.1, 0.15) is 34.4 Å². The molecule has 1 aliphatic rings. The fraction of sp³-hybridized carbons (Fsp3) is 0.400. The van der Waals surface area contributed by atoms with Crippen LogP contribution >= 0.6 is 11.6 Å². The summed E-state index contributed by atoms with van der Waals surface area (Å²) < 4.78 is 1.91. The fourth-order valence-corrected chi connectivity index (χ4v) is 2.90. The van der Waals surface area contributed by atoms with Gasteiger partial charge in [-0.15, -0.1) is 0 Å². The Morgan fingerprint density at radius 1 is 1.45 bits per heavy atom. The summed E-state index contributed by atoms with van der Waals surface area (Å²) >= 11 is 5.80. The maximum atomic E-state index is 12.5. The predicted octanol–water partition coefficient (Wildman–Crippen LogP) is 1.64. The number of carbonyl (C=O) groups excluding carboxylic acids is 1. The quantitative estimate of drug-likeness (QED) is 0.933. The lowest BCUT2D eigenvalue weighted by Crippen LogP contribution is -2.37. The Labute approximate surface area is 133 Å². The van der Waals surface area contributed by atoms with E-state index in [4.69, 9.17) is 11.6 Å². The number of amides is 1. The van der Waals surface area contributed by atoms with E-state index in [1.54, 1.807) is 17.0 Å². The number of aliphatic hydroxyl groups excluding tert-OH is 1. The summed E-state index contributed by atoms with van der Waals surface area (Å²) in [4.78, 5) is 18.3. The van der Waals surface area contributed by atoms with Crippen LogP contribution in [-0.2, 0) is 26.1 Å². The topological polar surface area (TPSA) is 71.2 Å². The van der Waals surface area contributed by atoms with E-state index in [1.807, 2.05) is 11.6 Å². The normalized spacial score (nSPS) is 14.0. The van der Waals surface area contributed by atoms with Crippen LogP contribution in [0.25, 0.3) is 0 Å². The van der Waals surface area contributed by atoms with Gasteiger partial charge in [0.25, 0.3) is 5.91 Å². The van der Waals surface area contributed by atoms with E-state index in [-0.39, 0.29) is 12.5 Å². The van der Waals surface area contributed by atoms with E-state index in [1.165, 1.54) is 6.20 Å². The summed E-state index contributed by atoms with van der Waals surface area (Å²) in [6.45, 7) is 3.73. The molecule has 0 radical (unpaired) electrons. The molecule has 0 atom stereocenters. The van der Waals surface area contributed by atoms with E-state index in [9.17, 15) is 9.90 Å². The Morgan fingerprint density at radius 2 is 2.27 bits per heavy atom. The third-order valence-corrected chi connectivity index (χ3v) is 4.12. The molecule has 116 valence electrons. The average molecular weight is 321 g/mol. The van der Waals surface area contributed by atoms with Crippen molar-refractivity contribution in [2.75, 3.05) is 6.54 Å². The third kappa shape index (κ3) is 2.60. The van der Waals surface area contributed by atoms with Gasteiger partial charge in [0.2, 0.25) is 0 Å². The Morgan fingerprint density at radius 3 is 2.91 bits per heavy atom. The number of aliphatic hydroxyl groups is 1. The van der Waals surface area contributed by atoms with Gasteiger partial charge in [0.05, 0.1) is 17.3 Å². The highest BCUT2D eigenvalue weighted by molar-refractivity contribution is 6.30. The highest BCUT2D eigenvalue weighted by Gasteiger charge is 2.27. The van der Waals surface area contributed by atoms with Crippen molar-refractivity contribution in [1.82, 2.24) is 19.7 Å². The Balaban J connectivity index is 1.86. The molecule has 0 unspecified atom stereocenters. The number of aromatic nitrogens is 3. The molecule has 3 rings (SSSR count). The molecule has 0 aromatic carbocycles. The molecule has 7 heteroatoms. The van der Waals surface area contributed by atoms with Gasteiger partial charge in [0.15, 0.2) is 0 Å². The predicted molar refractivity (Wildman–Crippen MR) is 81.5 cm³/mol. The maximum Gasteiger partial charge on any atom is 0.272 e. The number of hydrogen-bond donors (Lipinski definition) is 1. The molecule has 2 aromatic heterocycles. The Kier molecular flexibility index (Phi) is 4.13. The van der Waals surface area contributed by atoms with Gasteiger partial charge in [-0.2, -0.15) is 5.10 Å². The number of aryl methyl sites for hydroxylation is 1. The lowest BCUT2D eigenvalue weighted by Gasteiger charge is -2.27. The number of pyridine rings is 1. The van der Waals surface area contributed by atoms with Crippen LogP contribution in [0, 0.1) is 0 Å². The molecule has 1 amide bonds. The van der Waals surface area contributed by atoms with Crippen molar-refractivity contribution in [3.63, 3.8) is 0 Å². The zero-order chi connectivity index (χ0) is 15.7. The van der Waals surface area contributed by atoms with Gasteiger partial charge < -0.3 is 10.0 Å². The zero-order valence-corrected chi connectivity index (χ0v) is 13.0. The minimum absolute atomic E-state index is 0.115. The first-order valence-electron chi connectivity index (χ1n) is 7.23. The van der Waals surface area contributed by atoms with Crippen molar-refractivity contribution in [2.45, 2.75) is 33.0 Å². The first-order chi connectivity index (χ1) is 10.6. The van der Waals surface area contributed by atoms with Crippen LogP contribution in [0.2, 0.25) is 5.02 Å². The minimum atomic E-state index is -0.129. The van der Waals surface area contributed by atoms with Crippen LogP contribution in [0.3, 0.4) is 0 Å². The maximum absolute atomic E-state index is 12.5. The summed E-state index contributed by atoms with van der Waals surface area (Å²) in [5.41, 5.74) is 3.09. The van der Waals surface area contributed by atoms with Gasteiger partial charge in [0, 0.05) is 43.5 Å². The Hall–Kier alpha value is -1.92. The zero-order valence-electron chi connectivity index (χ0n) is 12.3. The summed E-state index contributed by atoms with van der Waals surface area (Å²) in [6.07, 6.45) is 2.20. The van der Waals surface area contributed by atoms with Crippen LogP contribution in [0.5, 0.6) is 0 Å². The monoisotopic (exact) mass is 320 g/mol. The summed E-state index contributed by atoms with van der Waals surface area (Å²) in [5.74, 6) is -0.129. The molecule has 0 spiro atoms. The standard InChI is InChI=1S/C15H17ClN4O2/c1-2-20-14-5-6-19(8-11(14)13(9-21)18-20)15(22)12-4-3-10(16)7-17-12/h3-4,7,21H,2,5-6,8-9H2,1H3. The second-order valence-corrected chi connectivity index (χ2v) is 5.62. The molecule has 0 saturated heterocycles. The minimum Gasteiger partial charge on any atom is -0.390 e. The van der Waals surface area contributed by atoms with Gasteiger partial charge in [-0.25, -0.2) is 4.98 Å². The smallest absolute Gasteiger partial charge is 0.272 e. The molecule has 0 fully saturated rings. The number of nitrogens with zero attached hydrogens (tertiary/aromatic N) is 4. The Bertz CT molecular complexity index is 696. The second kappa shape index (κ2) is 6.06. The molecule has 0 bridgehead atoms. The molecule has 0 saturated carbocycles. The molecule has 22 heavy (non-hydrogen) atoms. The van der Waals surface area contributed by atoms with Crippen molar-refractivity contribution in [1.29, 1.82) is 0 Å². The van der Waals surface area contributed by atoms with Crippen molar-refractivity contribution in [3.05, 3.63) is 46.0 Å². The fourth-order valence-electron chi connectivity index (χ4n) is 2.79. The highest BCUT2D eigenvalue weighted by Crippen LogP contribution is 2.24. The highest BCUT2D eigenvalue weighted by atomic mass is 35.5. The van der Waals surface area contributed by atoms with Gasteiger partial charge >= 0.3 is 0 Å². The molecule has 3 heterocycles. The third-order valence-electron chi connectivity index (χ3n) is 3.90. The van der Waals surface area contributed by atoms with Gasteiger partial charge in [-0.05, 0) is 19.1 Å². The van der Waals surface area contributed by atoms with Crippen LogP contribution < -0.4 is 0 Å². The van der Waals surface area contributed by atoms with E-state index < -0.39 is 0 Å². The van der Waals surface area contributed by atoms with E-state index >= 15 is 0 Å². The molecule has 1 aliphatic heterocycles. The van der Waals surface area contributed by atoms with E-state index in [0.717, 1.165) is 24.2 Å². The lowest BCUT2D eigenvalue weighted by atomic mass is 10.0. The van der Waals surface area contributed by atoms with E-state index in [0.29, 0.717) is 29.5 Å². The lowest BCUT2D eigenvalue weighted by molar-refractivity contribution is 0.0726. The molecule has 2 aromatic rings. The van der Waals surface area contributed by atoms with E-state index in [2.05, 4.69) is 10.1 Å². The van der Waals surface area contributed by atoms with Crippen molar-refractivity contribution in [2.24, 2.45) is 0 Å². The largest absolute Gasteiger partial charge is 0.390 e. The molecule has 6 nitrogen and oxygen atoms in total. The molecule has 1 N–H and O–H groups in total. The van der Waals surface area contributed by atoms with Crippen LogP contribution in [0.15, 0.2) is 18.3 Å². The van der Waals surface area contributed by atoms with Gasteiger partial charge in [0.1, 0.15) is 5.69 Å². The summed E-state index contributed by atoms with van der Waals surface area (Å²) in [5, 5.41) is 14.4. The van der Waals surface area contributed by atoms with Crippen molar-refractivity contribution < 1.29 is 9.90 Å². The number of carbonyl (C=O) groups is 1. The number of halogens is 1. The molecular weight excluding hydrogens is 304 g/mol. The number of rotatable bonds is 3. The SMILES string of the molecule is CCn1nc(CO)c2c1CCN(C(=O)c1ccc(Cl)cn1)C2. The van der Waals surface area contributed by atoms with Crippen molar-refractivity contribution >= 4 is 17.5 Å². The van der Waals surface area contributed by atoms with Crippen LogP contribution in [-0.4, -0.2) is 37.2 Å². The number of hydrogen-bond acceptors (Lipinski definition) is 4. The van der Waals surface area contributed by atoms with Gasteiger partial charge in [-0.3, -0.25) is 9.48 Å².